The summed E-state index contributed by atoms with van der Waals surface area (Å²) in [6.45, 7) is 5.61. The lowest BCUT2D eigenvalue weighted by Gasteiger charge is -2.16. The van der Waals surface area contributed by atoms with Crippen LogP contribution in [0.3, 0.4) is 0 Å². The van der Waals surface area contributed by atoms with Crippen molar-refractivity contribution < 1.29 is 7.86 Å². The number of halogens is 1. The van der Waals surface area contributed by atoms with Gasteiger partial charge in [0.1, 0.15) is 29.6 Å². The number of nitrogens with zero attached hydrogens (tertiary/aromatic N) is 1. The average Bonchev–Trinajstić information content (AvgIpc) is 1.91. The van der Waals surface area contributed by atoms with Gasteiger partial charge >= 0.3 is 0 Å². The molecule has 0 saturated carbocycles. The summed E-state index contributed by atoms with van der Waals surface area (Å²) < 4.78 is 4.67. The first-order valence-corrected chi connectivity index (χ1v) is 4.15. The van der Waals surface area contributed by atoms with Gasteiger partial charge in [0.05, 0.1) is 0 Å². The lowest BCUT2D eigenvalue weighted by molar-refractivity contribution is -0.132. The molecule has 0 atom stereocenters. The van der Waals surface area contributed by atoms with Gasteiger partial charge in [-0.2, -0.15) is 0 Å². The Kier molecular flexibility index (Phi) is 6.00. The molecule has 0 saturated heterocycles. The summed E-state index contributed by atoms with van der Waals surface area (Å²) in [7, 11) is 0. The van der Waals surface area contributed by atoms with Crippen LogP contribution < -0.4 is 0 Å². The van der Waals surface area contributed by atoms with E-state index >= 15 is 0 Å². The van der Waals surface area contributed by atoms with Crippen molar-refractivity contribution in [2.75, 3.05) is 19.7 Å². The lowest BCUT2D eigenvalue weighted by atomic mass is 10.5. The van der Waals surface area contributed by atoms with Crippen LogP contribution in [0.2, 0.25) is 0 Å². The van der Waals surface area contributed by atoms with Gasteiger partial charge in [-0.15, -0.1) is 0 Å². The maximum Gasteiger partial charge on any atom is 0.249 e. The molecular formula is C6H12INO2. The smallest absolute Gasteiger partial charge is 0.249 e. The Labute approximate surface area is 75.4 Å². The van der Waals surface area contributed by atoms with E-state index in [0.717, 1.165) is 13.1 Å². The van der Waals surface area contributed by atoms with Gasteiger partial charge in [-0.3, -0.25) is 4.79 Å². The van der Waals surface area contributed by atoms with Crippen molar-refractivity contribution in [2.24, 2.45) is 0 Å². The Hall–Kier alpha value is 0.160. The van der Waals surface area contributed by atoms with E-state index in [1.807, 2.05) is 13.8 Å². The topological polar surface area (TPSA) is 29.5 Å². The highest BCUT2D eigenvalue weighted by Gasteiger charge is 2.07. The van der Waals surface area contributed by atoms with Gasteiger partial charge in [0.15, 0.2) is 0 Å². The van der Waals surface area contributed by atoms with Crippen molar-refractivity contribution in [1.29, 1.82) is 0 Å². The minimum Gasteiger partial charge on any atom is -0.341 e. The summed E-state index contributed by atoms with van der Waals surface area (Å²) in [6, 6.07) is 0. The van der Waals surface area contributed by atoms with Crippen LogP contribution in [0.4, 0.5) is 0 Å². The van der Waals surface area contributed by atoms with Gasteiger partial charge in [0.25, 0.3) is 0 Å². The Morgan fingerprint density at radius 3 is 2.30 bits per heavy atom. The summed E-state index contributed by atoms with van der Waals surface area (Å²) in [4.78, 5) is 12.7. The van der Waals surface area contributed by atoms with Crippen LogP contribution in [-0.2, 0) is 7.86 Å². The van der Waals surface area contributed by atoms with Crippen molar-refractivity contribution in [1.82, 2.24) is 4.90 Å². The third kappa shape index (κ3) is 3.36. The first-order chi connectivity index (χ1) is 4.76. The van der Waals surface area contributed by atoms with Crippen molar-refractivity contribution in [3.05, 3.63) is 0 Å². The number of hydrogen-bond donors (Lipinski definition) is 0. The first kappa shape index (κ1) is 10.2. The van der Waals surface area contributed by atoms with E-state index in [0.29, 0.717) is 0 Å². The van der Waals surface area contributed by atoms with Crippen molar-refractivity contribution in [2.45, 2.75) is 13.8 Å². The van der Waals surface area contributed by atoms with Crippen LogP contribution in [0.25, 0.3) is 0 Å². The summed E-state index contributed by atoms with van der Waals surface area (Å²) in [5.74, 6) is 0.0550. The molecule has 0 aromatic carbocycles. The molecule has 0 aliphatic carbocycles. The molecule has 0 N–H and O–H groups in total. The fourth-order valence-electron chi connectivity index (χ4n) is 0.714. The zero-order chi connectivity index (χ0) is 7.98. The van der Waals surface area contributed by atoms with Gasteiger partial charge in [0, 0.05) is 13.1 Å². The molecule has 0 fully saturated rings. The van der Waals surface area contributed by atoms with E-state index in [2.05, 4.69) is 3.07 Å². The van der Waals surface area contributed by atoms with Crippen molar-refractivity contribution in [3.8, 4) is 0 Å². The van der Waals surface area contributed by atoms with Gasteiger partial charge in [0.2, 0.25) is 5.91 Å². The second-order valence-electron chi connectivity index (χ2n) is 1.82. The quantitative estimate of drug-likeness (QED) is 0.709. The monoisotopic (exact) mass is 257 g/mol. The van der Waals surface area contributed by atoms with E-state index in [9.17, 15) is 4.79 Å². The molecule has 0 aromatic heterocycles. The molecule has 0 aliphatic rings. The Bertz CT molecular complexity index is 104. The van der Waals surface area contributed by atoms with Gasteiger partial charge < -0.3 is 7.97 Å². The van der Waals surface area contributed by atoms with E-state index in [4.69, 9.17) is 0 Å². The van der Waals surface area contributed by atoms with E-state index in [1.165, 1.54) is 0 Å². The SMILES string of the molecule is CCN(CC)C(=O)COI. The molecule has 3 nitrogen and oxygen atoms in total. The fraction of sp³-hybridized carbons (Fsp3) is 0.833. The van der Waals surface area contributed by atoms with Crippen LogP contribution in [-0.4, -0.2) is 30.5 Å². The fourth-order valence-corrected chi connectivity index (χ4v) is 0.981. The molecule has 0 bridgehead atoms. The summed E-state index contributed by atoms with van der Waals surface area (Å²) >= 11 is 1.72. The number of hydrogen-bond acceptors (Lipinski definition) is 2. The molecule has 0 unspecified atom stereocenters. The Morgan fingerprint density at radius 2 is 2.00 bits per heavy atom. The largest absolute Gasteiger partial charge is 0.341 e. The van der Waals surface area contributed by atoms with E-state index < -0.39 is 0 Å². The molecule has 10 heavy (non-hydrogen) atoms. The molecule has 0 spiro atoms. The van der Waals surface area contributed by atoms with Crippen molar-refractivity contribution in [3.63, 3.8) is 0 Å². The number of carbonyl (C=O) groups excluding carboxylic acids is 1. The van der Waals surface area contributed by atoms with E-state index in [-0.39, 0.29) is 12.5 Å². The maximum absolute atomic E-state index is 11.0. The molecular weight excluding hydrogens is 245 g/mol. The van der Waals surface area contributed by atoms with Crippen LogP contribution in [0.15, 0.2) is 0 Å². The zero-order valence-corrected chi connectivity index (χ0v) is 8.42. The molecule has 0 aliphatic heterocycles. The van der Waals surface area contributed by atoms with Gasteiger partial charge in [-0.25, -0.2) is 0 Å². The third-order valence-electron chi connectivity index (χ3n) is 1.29. The summed E-state index contributed by atoms with van der Waals surface area (Å²) in [5.41, 5.74) is 0. The van der Waals surface area contributed by atoms with Crippen LogP contribution >= 0.6 is 23.0 Å². The van der Waals surface area contributed by atoms with Crippen LogP contribution in [0, 0.1) is 0 Å². The van der Waals surface area contributed by atoms with Crippen LogP contribution in [0.1, 0.15) is 13.8 Å². The molecule has 60 valence electrons. The number of rotatable bonds is 4. The number of carbonyl (C=O) groups is 1. The molecule has 1 amide bonds. The highest BCUT2D eigenvalue weighted by Crippen LogP contribution is 1.92. The first-order valence-electron chi connectivity index (χ1n) is 3.27. The van der Waals surface area contributed by atoms with E-state index in [1.54, 1.807) is 27.9 Å². The highest BCUT2D eigenvalue weighted by molar-refractivity contribution is 14.1. The second kappa shape index (κ2) is 5.91. The molecule has 0 heterocycles. The lowest BCUT2D eigenvalue weighted by Crippen LogP contribution is -2.32. The standard InChI is InChI=1S/C6H12INO2/c1-3-8(4-2)6(9)5-10-7/h3-5H2,1-2H3. The minimum absolute atomic E-state index is 0.0550. The highest BCUT2D eigenvalue weighted by atomic mass is 127. The molecule has 4 heteroatoms. The Balaban J connectivity index is 3.65. The average molecular weight is 257 g/mol. The van der Waals surface area contributed by atoms with Crippen LogP contribution in [0.5, 0.6) is 0 Å². The zero-order valence-electron chi connectivity index (χ0n) is 6.26. The summed E-state index contributed by atoms with van der Waals surface area (Å²) in [6.07, 6.45) is 0. The maximum atomic E-state index is 11.0. The van der Waals surface area contributed by atoms with Gasteiger partial charge in [-0.1, -0.05) is 0 Å². The predicted molar refractivity (Wildman–Crippen MR) is 47.9 cm³/mol. The van der Waals surface area contributed by atoms with Gasteiger partial charge in [-0.05, 0) is 13.8 Å². The minimum atomic E-state index is 0.0550. The molecule has 0 rings (SSSR count). The predicted octanol–water partition coefficient (Wildman–Crippen LogP) is 1.22. The number of amides is 1. The third-order valence-corrected chi connectivity index (χ3v) is 1.61. The Morgan fingerprint density at radius 1 is 1.50 bits per heavy atom. The van der Waals surface area contributed by atoms with Crippen molar-refractivity contribution >= 4 is 28.9 Å². The second-order valence-corrected chi connectivity index (χ2v) is 2.44. The molecule has 0 aromatic rings. The summed E-state index contributed by atoms with van der Waals surface area (Å²) in [5, 5.41) is 0. The molecule has 0 radical (unpaired) electrons. The normalized spacial score (nSPS) is 9.50. The number of likely N-dealkylation sites (N-methyl/N-ethyl adjacent to an activating group) is 1.